The summed E-state index contributed by atoms with van der Waals surface area (Å²) in [7, 11) is 0. The molecule has 0 bridgehead atoms. The predicted molar refractivity (Wildman–Crippen MR) is 107 cm³/mol. The second-order valence-electron chi connectivity index (χ2n) is 10.6. The summed E-state index contributed by atoms with van der Waals surface area (Å²) >= 11 is 0. The van der Waals surface area contributed by atoms with Gasteiger partial charge >= 0.3 is 11.9 Å². The average molecular weight is 389 g/mol. The smallest absolute Gasteiger partial charge is 0.302 e. The molecule has 0 saturated heterocycles. The van der Waals surface area contributed by atoms with Crippen LogP contribution in [0.2, 0.25) is 0 Å². The molecule has 4 nitrogen and oxygen atoms in total. The zero-order valence-electron chi connectivity index (χ0n) is 18.0. The van der Waals surface area contributed by atoms with Gasteiger partial charge in [-0.25, -0.2) is 0 Å². The van der Waals surface area contributed by atoms with E-state index in [4.69, 9.17) is 9.47 Å². The topological polar surface area (TPSA) is 52.6 Å². The molecule has 0 aromatic heterocycles. The molecule has 8 atom stereocenters. The summed E-state index contributed by atoms with van der Waals surface area (Å²) in [4.78, 5) is 23.1. The van der Waals surface area contributed by atoms with Crippen LogP contribution in [-0.2, 0) is 19.1 Å². The van der Waals surface area contributed by atoms with E-state index in [1.165, 1.54) is 38.7 Å². The second-order valence-corrected chi connectivity index (χ2v) is 10.6. The number of carbonyl (C=O) groups excluding carboxylic acids is 2. The summed E-state index contributed by atoms with van der Waals surface area (Å²) < 4.78 is 11.3. The highest BCUT2D eigenvalue weighted by Crippen LogP contribution is 2.67. The quantitative estimate of drug-likeness (QED) is 0.490. The van der Waals surface area contributed by atoms with Gasteiger partial charge < -0.3 is 9.47 Å². The summed E-state index contributed by atoms with van der Waals surface area (Å²) in [5.41, 5.74) is 1.68. The molecule has 0 aromatic rings. The van der Waals surface area contributed by atoms with Crippen LogP contribution in [0.4, 0.5) is 0 Å². The molecule has 0 aliphatic heterocycles. The number of hydrogen-bond donors (Lipinski definition) is 0. The fraction of sp³-hybridized carbons (Fsp3) is 0.833. The zero-order chi connectivity index (χ0) is 20.3. The first-order valence-electron chi connectivity index (χ1n) is 11.2. The molecule has 0 heterocycles. The van der Waals surface area contributed by atoms with Crippen molar-refractivity contribution in [3.8, 4) is 0 Å². The first-order valence-corrected chi connectivity index (χ1v) is 11.2. The van der Waals surface area contributed by atoms with Gasteiger partial charge in [0.1, 0.15) is 12.2 Å². The molecule has 4 fully saturated rings. The van der Waals surface area contributed by atoms with E-state index in [-0.39, 0.29) is 35.0 Å². The van der Waals surface area contributed by atoms with Crippen molar-refractivity contribution in [1.29, 1.82) is 0 Å². The highest BCUT2D eigenvalue weighted by molar-refractivity contribution is 5.66. The van der Waals surface area contributed by atoms with Gasteiger partial charge in [0.15, 0.2) is 0 Å². The summed E-state index contributed by atoms with van der Waals surface area (Å²) in [6, 6.07) is 0. The molecule has 0 unspecified atom stereocenters. The Labute approximate surface area is 169 Å². The molecular weight excluding hydrogens is 352 g/mol. The van der Waals surface area contributed by atoms with E-state index in [0.29, 0.717) is 23.7 Å². The Morgan fingerprint density at radius 1 is 0.964 bits per heavy atom. The summed E-state index contributed by atoms with van der Waals surface area (Å²) in [6.07, 6.45) is 8.81. The molecule has 0 N–H and O–H groups in total. The highest BCUT2D eigenvalue weighted by Gasteiger charge is 2.62. The van der Waals surface area contributed by atoms with E-state index < -0.39 is 0 Å². The molecule has 4 aliphatic carbocycles. The van der Waals surface area contributed by atoms with E-state index in [9.17, 15) is 9.59 Å². The Balaban J connectivity index is 1.57. The summed E-state index contributed by atoms with van der Waals surface area (Å²) in [5, 5.41) is 0. The second kappa shape index (κ2) is 6.88. The van der Waals surface area contributed by atoms with Gasteiger partial charge in [-0.15, -0.1) is 0 Å². The van der Waals surface area contributed by atoms with Crippen molar-refractivity contribution in [2.24, 2.45) is 34.5 Å². The van der Waals surface area contributed by atoms with Crippen molar-refractivity contribution in [2.75, 3.05) is 0 Å². The predicted octanol–water partition coefficient (Wildman–Crippen LogP) is 5.06. The standard InChI is InChI=1S/C24H36O4/c1-14-13-24(5)20(8-9-21(24)28-16(3)26)19-7-6-17-12-18(27-15(2)25)10-11-23(17,4)22(14)19/h17-22H,1,6-13H2,2-5H3/t17-,18-,19-,20-,21-,22-,23-,24-/m0/s1. The Bertz CT molecular complexity index is 684. The maximum Gasteiger partial charge on any atom is 0.302 e. The Morgan fingerprint density at radius 2 is 1.68 bits per heavy atom. The number of allylic oxidation sites excluding steroid dienone is 1. The fourth-order valence-corrected chi connectivity index (χ4v) is 8.00. The van der Waals surface area contributed by atoms with Gasteiger partial charge in [-0.05, 0) is 80.5 Å². The maximum atomic E-state index is 11.6. The fourth-order valence-electron chi connectivity index (χ4n) is 8.00. The van der Waals surface area contributed by atoms with Crippen molar-refractivity contribution >= 4 is 11.9 Å². The molecule has 0 spiro atoms. The summed E-state index contributed by atoms with van der Waals surface area (Å²) in [6.45, 7) is 12.5. The first kappa shape index (κ1) is 20.0. The highest BCUT2D eigenvalue weighted by atomic mass is 16.5. The number of esters is 2. The molecule has 0 aromatic carbocycles. The van der Waals surface area contributed by atoms with Crippen molar-refractivity contribution < 1.29 is 19.1 Å². The van der Waals surface area contributed by atoms with Crippen molar-refractivity contribution in [3.63, 3.8) is 0 Å². The van der Waals surface area contributed by atoms with Gasteiger partial charge in [0, 0.05) is 19.3 Å². The third-order valence-corrected chi connectivity index (χ3v) is 9.00. The van der Waals surface area contributed by atoms with Crippen molar-refractivity contribution in [3.05, 3.63) is 12.2 Å². The molecule has 4 heteroatoms. The third kappa shape index (κ3) is 3.02. The lowest BCUT2D eigenvalue weighted by Gasteiger charge is -2.61. The van der Waals surface area contributed by atoms with Crippen LogP contribution in [0.5, 0.6) is 0 Å². The molecule has 0 radical (unpaired) electrons. The van der Waals surface area contributed by atoms with Crippen molar-refractivity contribution in [2.45, 2.75) is 91.3 Å². The number of rotatable bonds is 2. The molecule has 0 amide bonds. The van der Waals surface area contributed by atoms with Gasteiger partial charge in [0.05, 0.1) is 0 Å². The molecule has 4 rings (SSSR count). The number of fused-ring (bicyclic) bond motifs is 5. The zero-order valence-corrected chi connectivity index (χ0v) is 18.0. The molecule has 28 heavy (non-hydrogen) atoms. The van der Waals surface area contributed by atoms with Crippen LogP contribution in [0.25, 0.3) is 0 Å². The van der Waals surface area contributed by atoms with Gasteiger partial charge in [-0.2, -0.15) is 0 Å². The van der Waals surface area contributed by atoms with Crippen LogP contribution in [-0.4, -0.2) is 24.1 Å². The van der Waals surface area contributed by atoms with Gasteiger partial charge in [-0.3, -0.25) is 9.59 Å². The molecule has 4 saturated carbocycles. The first-order chi connectivity index (χ1) is 13.1. The molecule has 156 valence electrons. The van der Waals surface area contributed by atoms with E-state index in [1.54, 1.807) is 0 Å². The van der Waals surface area contributed by atoms with E-state index in [1.807, 2.05) is 0 Å². The van der Waals surface area contributed by atoms with Crippen LogP contribution in [0.15, 0.2) is 12.2 Å². The SMILES string of the molecule is C=C1C[C@]2(C)[C@@H](OC(C)=O)CC[C@H]2[C@@H]2CC[C@H]3C[C@@H](OC(C)=O)CC[C@]3(C)[C@@H]12. The van der Waals surface area contributed by atoms with E-state index in [2.05, 4.69) is 20.4 Å². The normalized spacial score (nSPS) is 47.5. The van der Waals surface area contributed by atoms with Crippen molar-refractivity contribution in [1.82, 2.24) is 0 Å². The molecular formula is C24H36O4. The summed E-state index contributed by atoms with van der Waals surface area (Å²) in [5.74, 6) is 2.13. The minimum Gasteiger partial charge on any atom is -0.463 e. The number of hydrogen-bond acceptors (Lipinski definition) is 4. The van der Waals surface area contributed by atoms with E-state index >= 15 is 0 Å². The lowest BCUT2D eigenvalue weighted by atomic mass is 9.44. The van der Waals surface area contributed by atoms with Crippen LogP contribution in [0, 0.1) is 34.5 Å². The van der Waals surface area contributed by atoms with E-state index in [0.717, 1.165) is 32.1 Å². The Morgan fingerprint density at radius 3 is 2.36 bits per heavy atom. The van der Waals surface area contributed by atoms with Gasteiger partial charge in [-0.1, -0.05) is 26.0 Å². The lowest BCUT2D eigenvalue weighted by Crippen LogP contribution is -2.55. The number of carbonyl (C=O) groups is 2. The van der Waals surface area contributed by atoms with Gasteiger partial charge in [0.25, 0.3) is 0 Å². The van der Waals surface area contributed by atoms with Crippen LogP contribution < -0.4 is 0 Å². The lowest BCUT2D eigenvalue weighted by molar-refractivity contribution is -0.160. The van der Waals surface area contributed by atoms with Crippen LogP contribution >= 0.6 is 0 Å². The number of ether oxygens (including phenoxy) is 2. The Hall–Kier alpha value is -1.32. The molecule has 4 aliphatic rings. The van der Waals surface area contributed by atoms with Gasteiger partial charge in [0.2, 0.25) is 0 Å². The third-order valence-electron chi connectivity index (χ3n) is 9.00. The average Bonchev–Trinajstić information content (AvgIpc) is 2.90. The largest absolute Gasteiger partial charge is 0.463 e. The van der Waals surface area contributed by atoms with Crippen LogP contribution in [0.1, 0.15) is 79.1 Å². The minimum atomic E-state index is -0.154. The van der Waals surface area contributed by atoms with Crippen LogP contribution in [0.3, 0.4) is 0 Å². The maximum absolute atomic E-state index is 11.6. The Kier molecular flexibility index (Phi) is 4.91. The minimum absolute atomic E-state index is 0.0398. The monoisotopic (exact) mass is 388 g/mol.